The molecule has 0 fully saturated rings. The highest BCUT2D eigenvalue weighted by atomic mass is 19.1. The predicted molar refractivity (Wildman–Crippen MR) is 76.3 cm³/mol. The highest BCUT2D eigenvalue weighted by molar-refractivity contribution is 5.75. The molecule has 116 valence electrons. The van der Waals surface area contributed by atoms with Gasteiger partial charge >= 0.3 is 6.03 Å². The van der Waals surface area contributed by atoms with Crippen molar-refractivity contribution in [2.45, 2.75) is 25.8 Å². The summed E-state index contributed by atoms with van der Waals surface area (Å²) in [5.74, 6) is -0.311. The molecule has 0 aliphatic carbocycles. The van der Waals surface area contributed by atoms with E-state index in [1.807, 2.05) is 0 Å². The van der Waals surface area contributed by atoms with Crippen molar-refractivity contribution >= 4 is 11.9 Å². The zero-order valence-corrected chi connectivity index (χ0v) is 12.1. The lowest BCUT2D eigenvalue weighted by Gasteiger charge is -2.17. The molecule has 0 bridgehead atoms. The summed E-state index contributed by atoms with van der Waals surface area (Å²) in [6.45, 7) is 2.06. The van der Waals surface area contributed by atoms with Gasteiger partial charge in [0.15, 0.2) is 0 Å². The van der Waals surface area contributed by atoms with E-state index in [1.165, 1.54) is 25.3 Å². The van der Waals surface area contributed by atoms with Gasteiger partial charge in [0.05, 0.1) is 13.2 Å². The van der Waals surface area contributed by atoms with Crippen molar-refractivity contribution < 1.29 is 18.7 Å². The number of nitrogens with one attached hydrogen (secondary N) is 2. The van der Waals surface area contributed by atoms with Crippen LogP contribution < -0.4 is 21.1 Å². The Hall–Kier alpha value is -2.31. The number of hydrogen-bond acceptors (Lipinski definition) is 3. The number of benzene rings is 1. The topological polar surface area (TPSA) is 93.4 Å². The van der Waals surface area contributed by atoms with Gasteiger partial charge in [-0.2, -0.15) is 0 Å². The molecule has 21 heavy (non-hydrogen) atoms. The first-order valence-corrected chi connectivity index (χ1v) is 6.60. The fraction of sp³-hybridized carbons (Fsp3) is 0.429. The molecule has 1 aromatic carbocycles. The monoisotopic (exact) mass is 297 g/mol. The Morgan fingerprint density at radius 2 is 2.14 bits per heavy atom. The second kappa shape index (κ2) is 8.08. The molecule has 0 saturated heterocycles. The zero-order valence-electron chi connectivity index (χ0n) is 12.1. The Labute approximate surface area is 122 Å². The third-order valence-electron chi connectivity index (χ3n) is 2.89. The van der Waals surface area contributed by atoms with Crippen LogP contribution in [0.5, 0.6) is 5.75 Å². The summed E-state index contributed by atoms with van der Waals surface area (Å²) < 4.78 is 18.4. The standard InChI is InChI=1S/C14H20FN3O3/c1-9(11-8-10(15)5-6-12(11)21-2)18-14(20)17-7-3-4-13(16)19/h5-6,8-9H,3-4,7H2,1-2H3,(H2,16,19)(H2,17,18,20). The number of urea groups is 1. The summed E-state index contributed by atoms with van der Waals surface area (Å²) in [6, 6.07) is 3.29. The summed E-state index contributed by atoms with van der Waals surface area (Å²) in [4.78, 5) is 22.2. The van der Waals surface area contributed by atoms with Crippen molar-refractivity contribution in [3.05, 3.63) is 29.6 Å². The number of carbonyl (C=O) groups excluding carboxylic acids is 2. The molecular formula is C14H20FN3O3. The van der Waals surface area contributed by atoms with Crippen molar-refractivity contribution in [2.24, 2.45) is 5.73 Å². The number of primary amides is 1. The minimum absolute atomic E-state index is 0.216. The van der Waals surface area contributed by atoms with Crippen LogP contribution in [0.2, 0.25) is 0 Å². The molecule has 1 atom stereocenters. The lowest BCUT2D eigenvalue weighted by atomic mass is 10.1. The van der Waals surface area contributed by atoms with Crippen molar-refractivity contribution in [3.63, 3.8) is 0 Å². The third-order valence-corrected chi connectivity index (χ3v) is 2.89. The Bertz CT molecular complexity index is 508. The van der Waals surface area contributed by atoms with Gasteiger partial charge in [0.25, 0.3) is 0 Å². The van der Waals surface area contributed by atoms with Crippen LogP contribution in [0, 0.1) is 5.82 Å². The molecule has 0 heterocycles. The van der Waals surface area contributed by atoms with Gasteiger partial charge in [0.2, 0.25) is 5.91 Å². The SMILES string of the molecule is COc1ccc(F)cc1C(C)NC(=O)NCCCC(N)=O. The molecule has 7 heteroatoms. The van der Waals surface area contributed by atoms with E-state index in [4.69, 9.17) is 10.5 Å². The number of hydrogen-bond donors (Lipinski definition) is 3. The van der Waals surface area contributed by atoms with E-state index in [1.54, 1.807) is 6.92 Å². The lowest BCUT2D eigenvalue weighted by Crippen LogP contribution is -2.37. The lowest BCUT2D eigenvalue weighted by molar-refractivity contribution is -0.118. The van der Waals surface area contributed by atoms with Gasteiger partial charge in [-0.05, 0) is 31.5 Å². The zero-order chi connectivity index (χ0) is 15.8. The number of ether oxygens (including phenoxy) is 1. The second-order valence-electron chi connectivity index (χ2n) is 4.58. The summed E-state index contributed by atoms with van der Waals surface area (Å²) >= 11 is 0. The first kappa shape index (κ1) is 16.7. The average Bonchev–Trinajstić information content (AvgIpc) is 2.43. The summed E-state index contributed by atoms with van der Waals surface area (Å²) in [6.07, 6.45) is 0.688. The minimum atomic E-state index is -0.424. The maximum Gasteiger partial charge on any atom is 0.315 e. The van der Waals surface area contributed by atoms with Crippen LogP contribution in [0.15, 0.2) is 18.2 Å². The second-order valence-corrected chi connectivity index (χ2v) is 4.58. The molecule has 0 aliphatic rings. The maximum atomic E-state index is 13.3. The van der Waals surface area contributed by atoms with Crippen LogP contribution in [-0.4, -0.2) is 25.6 Å². The van der Waals surface area contributed by atoms with E-state index in [2.05, 4.69) is 10.6 Å². The van der Waals surface area contributed by atoms with E-state index in [0.29, 0.717) is 24.3 Å². The molecular weight excluding hydrogens is 277 g/mol. The average molecular weight is 297 g/mol. The van der Waals surface area contributed by atoms with Crippen molar-refractivity contribution in [1.29, 1.82) is 0 Å². The molecule has 3 amide bonds. The van der Waals surface area contributed by atoms with E-state index in [9.17, 15) is 14.0 Å². The fourth-order valence-electron chi connectivity index (χ4n) is 1.83. The van der Waals surface area contributed by atoms with Gasteiger partial charge in [-0.25, -0.2) is 9.18 Å². The molecule has 0 spiro atoms. The highest BCUT2D eigenvalue weighted by Gasteiger charge is 2.14. The molecule has 4 N–H and O–H groups in total. The van der Waals surface area contributed by atoms with E-state index < -0.39 is 23.8 Å². The van der Waals surface area contributed by atoms with Gasteiger partial charge in [0.1, 0.15) is 11.6 Å². The van der Waals surface area contributed by atoms with E-state index >= 15 is 0 Å². The van der Waals surface area contributed by atoms with Crippen LogP contribution in [0.4, 0.5) is 9.18 Å². The Kier molecular flexibility index (Phi) is 6.45. The van der Waals surface area contributed by atoms with Gasteiger partial charge < -0.3 is 21.1 Å². The van der Waals surface area contributed by atoms with Crippen LogP contribution in [0.1, 0.15) is 31.4 Å². The summed E-state index contributed by atoms with van der Waals surface area (Å²) in [5, 5.41) is 5.27. The molecule has 1 unspecified atom stereocenters. The molecule has 0 aliphatic heterocycles. The molecule has 1 rings (SSSR count). The number of carbonyl (C=O) groups is 2. The van der Waals surface area contributed by atoms with Gasteiger partial charge in [-0.3, -0.25) is 4.79 Å². The van der Waals surface area contributed by atoms with Crippen LogP contribution in [-0.2, 0) is 4.79 Å². The molecule has 0 saturated carbocycles. The smallest absolute Gasteiger partial charge is 0.315 e. The molecule has 0 aromatic heterocycles. The molecule has 1 aromatic rings. The summed E-state index contributed by atoms with van der Waals surface area (Å²) in [7, 11) is 1.48. The first-order valence-electron chi connectivity index (χ1n) is 6.60. The Morgan fingerprint density at radius 3 is 2.76 bits per heavy atom. The van der Waals surface area contributed by atoms with Crippen LogP contribution in [0.25, 0.3) is 0 Å². The highest BCUT2D eigenvalue weighted by Crippen LogP contribution is 2.25. The third kappa shape index (κ3) is 5.68. The predicted octanol–water partition coefficient (Wildman–Crippen LogP) is 1.46. The number of rotatable bonds is 7. The summed E-state index contributed by atoms with van der Waals surface area (Å²) in [5.41, 5.74) is 5.54. The normalized spacial score (nSPS) is 11.6. The van der Waals surface area contributed by atoms with Gasteiger partial charge in [-0.15, -0.1) is 0 Å². The van der Waals surface area contributed by atoms with Crippen molar-refractivity contribution in [2.75, 3.05) is 13.7 Å². The fourth-order valence-corrected chi connectivity index (χ4v) is 1.83. The Balaban J connectivity index is 2.52. The minimum Gasteiger partial charge on any atom is -0.496 e. The maximum absolute atomic E-state index is 13.3. The van der Waals surface area contributed by atoms with Gasteiger partial charge in [0, 0.05) is 18.5 Å². The van der Waals surface area contributed by atoms with Gasteiger partial charge in [-0.1, -0.05) is 0 Å². The number of halogens is 1. The number of methoxy groups -OCH3 is 1. The molecule has 0 radical (unpaired) electrons. The van der Waals surface area contributed by atoms with Crippen LogP contribution >= 0.6 is 0 Å². The number of amides is 3. The quantitative estimate of drug-likeness (QED) is 0.665. The Morgan fingerprint density at radius 1 is 1.43 bits per heavy atom. The van der Waals surface area contributed by atoms with Crippen molar-refractivity contribution in [1.82, 2.24) is 10.6 Å². The molecule has 6 nitrogen and oxygen atoms in total. The number of nitrogens with two attached hydrogens (primary N) is 1. The van der Waals surface area contributed by atoms with E-state index in [-0.39, 0.29) is 6.42 Å². The van der Waals surface area contributed by atoms with Crippen molar-refractivity contribution in [3.8, 4) is 5.75 Å². The first-order chi connectivity index (χ1) is 9.93. The largest absolute Gasteiger partial charge is 0.496 e. The van der Waals surface area contributed by atoms with E-state index in [0.717, 1.165) is 0 Å². The van der Waals surface area contributed by atoms with Crippen LogP contribution in [0.3, 0.4) is 0 Å².